The van der Waals surface area contributed by atoms with Crippen LogP contribution in [0.4, 0.5) is 0 Å². The third-order valence-corrected chi connectivity index (χ3v) is 7.36. The van der Waals surface area contributed by atoms with Crippen LogP contribution in [0.15, 0.2) is 0 Å². The van der Waals surface area contributed by atoms with Gasteiger partial charge in [-0.15, -0.1) is 0 Å². The van der Waals surface area contributed by atoms with Crippen molar-refractivity contribution in [2.45, 2.75) is 95.7 Å². The number of carbonyl (C=O) groups excluding carboxylic acids is 5. The van der Waals surface area contributed by atoms with Crippen molar-refractivity contribution in [2.75, 3.05) is 26.7 Å². The number of carbonyl (C=O) groups is 5. The van der Waals surface area contributed by atoms with Gasteiger partial charge in [0.25, 0.3) is 0 Å². The van der Waals surface area contributed by atoms with Crippen LogP contribution in [0.25, 0.3) is 0 Å². The molecule has 0 aromatic rings. The number of likely N-dealkylation sites (tertiary alicyclic amines) is 3. The number of nitrogens with one attached hydrogen (secondary N) is 1. The Morgan fingerprint density at radius 2 is 1.78 bits per heavy atom. The smallest absolute Gasteiger partial charge is 0.323 e. The number of aliphatic hydroxyl groups excluding tert-OH is 1. The highest BCUT2D eigenvalue weighted by Crippen LogP contribution is 2.27. The van der Waals surface area contributed by atoms with Crippen molar-refractivity contribution >= 4 is 30.0 Å². The maximum Gasteiger partial charge on any atom is 0.323 e. The zero-order valence-corrected chi connectivity index (χ0v) is 21.7. The van der Waals surface area contributed by atoms with Crippen LogP contribution in [-0.4, -0.2) is 113 Å². The van der Waals surface area contributed by atoms with Gasteiger partial charge in [0, 0.05) is 26.1 Å². The molecule has 0 aromatic carbocycles. The number of piperidine rings is 1. The molecule has 202 valence electrons. The van der Waals surface area contributed by atoms with Crippen LogP contribution in [0, 0.1) is 5.92 Å². The third kappa shape index (κ3) is 6.61. The summed E-state index contributed by atoms with van der Waals surface area (Å²) in [5, 5.41) is 12.9. The van der Waals surface area contributed by atoms with E-state index < -0.39 is 36.2 Å². The van der Waals surface area contributed by atoms with E-state index in [0.717, 1.165) is 19.4 Å². The molecule has 3 aliphatic rings. The molecule has 11 nitrogen and oxygen atoms in total. The first kappa shape index (κ1) is 28.0. The number of esters is 1. The van der Waals surface area contributed by atoms with E-state index in [1.54, 1.807) is 13.8 Å². The van der Waals surface area contributed by atoms with Gasteiger partial charge in [-0.3, -0.25) is 24.1 Å². The van der Waals surface area contributed by atoms with Crippen LogP contribution < -0.4 is 5.32 Å². The summed E-state index contributed by atoms with van der Waals surface area (Å²) in [5.74, 6) is -1.13. The lowest BCUT2D eigenvalue weighted by atomic mass is 9.99. The van der Waals surface area contributed by atoms with E-state index in [1.807, 2.05) is 11.9 Å². The zero-order valence-electron chi connectivity index (χ0n) is 21.7. The standard InChI is InChI=1S/C25H40N4O7/c1-15-9-21(27(4)12-15)25(35)36-17(3)10-22(32)29-13-18(31)11-20(29)24(34)28-8-6-5-7-19(28)23(33)26-16(2)14-30/h14-21,31H,5-13H2,1-4H3,(H,26,33)/t15-,16?,17?,18-,19?,20?,21?/m1/s1. The lowest BCUT2D eigenvalue weighted by Gasteiger charge is -2.38. The Balaban J connectivity index is 1.63. The predicted octanol–water partition coefficient (Wildman–Crippen LogP) is -0.305. The van der Waals surface area contributed by atoms with E-state index in [0.29, 0.717) is 31.6 Å². The fourth-order valence-corrected chi connectivity index (χ4v) is 5.55. The maximum absolute atomic E-state index is 13.5. The Bertz CT molecular complexity index is 852. The van der Waals surface area contributed by atoms with Crippen LogP contribution in [0.2, 0.25) is 0 Å². The number of likely N-dealkylation sites (N-methyl/N-ethyl adjacent to an activating group) is 1. The molecule has 2 N–H and O–H groups in total. The van der Waals surface area contributed by atoms with Gasteiger partial charge in [0.15, 0.2) is 0 Å². The van der Waals surface area contributed by atoms with Gasteiger partial charge in [-0.1, -0.05) is 6.92 Å². The second kappa shape index (κ2) is 12.1. The summed E-state index contributed by atoms with van der Waals surface area (Å²) in [6.45, 7) is 6.47. The number of aliphatic hydroxyl groups is 1. The summed E-state index contributed by atoms with van der Waals surface area (Å²) >= 11 is 0. The molecule has 0 spiro atoms. The van der Waals surface area contributed by atoms with Crippen molar-refractivity contribution < 1.29 is 33.8 Å². The molecule has 3 saturated heterocycles. The molecule has 11 heteroatoms. The first-order valence-electron chi connectivity index (χ1n) is 13.0. The number of hydrogen-bond acceptors (Lipinski definition) is 8. The van der Waals surface area contributed by atoms with E-state index in [1.165, 1.54) is 9.80 Å². The zero-order chi connectivity index (χ0) is 26.6. The minimum Gasteiger partial charge on any atom is -0.461 e. The molecular weight excluding hydrogens is 468 g/mol. The third-order valence-electron chi connectivity index (χ3n) is 7.36. The van der Waals surface area contributed by atoms with Crippen molar-refractivity contribution in [1.82, 2.24) is 20.0 Å². The molecule has 0 saturated carbocycles. The average Bonchev–Trinajstić information content (AvgIpc) is 3.39. The van der Waals surface area contributed by atoms with E-state index in [4.69, 9.17) is 4.74 Å². The van der Waals surface area contributed by atoms with Crippen LogP contribution in [0.3, 0.4) is 0 Å². The van der Waals surface area contributed by atoms with Crippen molar-refractivity contribution in [2.24, 2.45) is 5.92 Å². The monoisotopic (exact) mass is 508 g/mol. The molecule has 3 aliphatic heterocycles. The molecule has 3 heterocycles. The van der Waals surface area contributed by atoms with Gasteiger partial charge in [0.05, 0.1) is 18.6 Å². The lowest BCUT2D eigenvalue weighted by Crippen LogP contribution is -2.58. The maximum atomic E-state index is 13.5. The van der Waals surface area contributed by atoms with Gasteiger partial charge in [-0.05, 0) is 52.5 Å². The average molecular weight is 509 g/mol. The quantitative estimate of drug-likeness (QED) is 0.337. The number of aldehydes is 1. The summed E-state index contributed by atoms with van der Waals surface area (Å²) in [5.41, 5.74) is 0. The van der Waals surface area contributed by atoms with E-state index in [9.17, 15) is 29.1 Å². The van der Waals surface area contributed by atoms with Crippen molar-refractivity contribution in [3.8, 4) is 0 Å². The molecule has 36 heavy (non-hydrogen) atoms. The summed E-state index contributed by atoms with van der Waals surface area (Å²) in [4.78, 5) is 67.7. The molecule has 0 aromatic heterocycles. The summed E-state index contributed by atoms with van der Waals surface area (Å²) in [6.07, 6.45) is 1.74. The highest BCUT2D eigenvalue weighted by molar-refractivity contribution is 5.93. The summed E-state index contributed by atoms with van der Waals surface area (Å²) < 4.78 is 5.55. The van der Waals surface area contributed by atoms with Gasteiger partial charge in [-0.25, -0.2) is 0 Å². The first-order valence-corrected chi connectivity index (χ1v) is 13.0. The number of nitrogens with zero attached hydrogens (tertiary/aromatic N) is 3. The number of rotatable bonds is 8. The van der Waals surface area contributed by atoms with Crippen molar-refractivity contribution in [1.29, 1.82) is 0 Å². The number of amides is 3. The predicted molar refractivity (Wildman–Crippen MR) is 130 cm³/mol. The highest BCUT2D eigenvalue weighted by Gasteiger charge is 2.44. The first-order chi connectivity index (χ1) is 17.0. The van der Waals surface area contributed by atoms with Gasteiger partial charge in [0.1, 0.15) is 30.5 Å². The summed E-state index contributed by atoms with van der Waals surface area (Å²) in [7, 11) is 1.88. The van der Waals surface area contributed by atoms with E-state index in [2.05, 4.69) is 12.2 Å². The molecule has 0 radical (unpaired) electrons. The highest BCUT2D eigenvalue weighted by atomic mass is 16.5. The molecule has 0 bridgehead atoms. The van der Waals surface area contributed by atoms with E-state index in [-0.39, 0.29) is 43.2 Å². The van der Waals surface area contributed by atoms with Crippen molar-refractivity contribution in [3.05, 3.63) is 0 Å². The fourth-order valence-electron chi connectivity index (χ4n) is 5.55. The topological polar surface area (TPSA) is 137 Å². The van der Waals surface area contributed by atoms with Crippen LogP contribution in [0.1, 0.15) is 59.3 Å². The summed E-state index contributed by atoms with van der Waals surface area (Å²) in [6, 6.07) is -2.62. The Morgan fingerprint density at radius 3 is 2.42 bits per heavy atom. The molecule has 5 unspecified atom stereocenters. The Morgan fingerprint density at radius 1 is 1.06 bits per heavy atom. The van der Waals surface area contributed by atoms with Crippen LogP contribution >= 0.6 is 0 Å². The van der Waals surface area contributed by atoms with Crippen LogP contribution in [-0.2, 0) is 28.7 Å². The lowest BCUT2D eigenvalue weighted by molar-refractivity contribution is -0.156. The largest absolute Gasteiger partial charge is 0.461 e. The molecular formula is C25H40N4O7. The molecule has 0 aliphatic carbocycles. The molecule has 3 rings (SSSR count). The van der Waals surface area contributed by atoms with Gasteiger partial charge < -0.3 is 29.8 Å². The normalized spacial score (nSPS) is 30.5. The molecule has 7 atom stereocenters. The number of hydrogen-bond donors (Lipinski definition) is 2. The van der Waals surface area contributed by atoms with Gasteiger partial charge in [-0.2, -0.15) is 0 Å². The Hall–Kier alpha value is -2.53. The fraction of sp³-hybridized carbons (Fsp3) is 0.800. The number of ether oxygens (including phenoxy) is 1. The Labute approximate surface area is 212 Å². The molecule has 3 fully saturated rings. The van der Waals surface area contributed by atoms with Crippen LogP contribution in [0.5, 0.6) is 0 Å². The minimum absolute atomic E-state index is 0.00562. The SMILES string of the molecule is CC(C=O)NC(=O)C1CCCCN1C(=O)C1C[C@@H](O)CN1C(=O)CC(C)OC(=O)C1C[C@@H](C)CN1C. The van der Waals surface area contributed by atoms with Crippen molar-refractivity contribution in [3.63, 3.8) is 0 Å². The van der Waals surface area contributed by atoms with Gasteiger partial charge in [0.2, 0.25) is 17.7 Å². The van der Waals surface area contributed by atoms with Gasteiger partial charge >= 0.3 is 5.97 Å². The minimum atomic E-state index is -0.894. The van der Waals surface area contributed by atoms with E-state index >= 15 is 0 Å². The number of β-amino-alcohol motifs (C(OH)–C–C–N with tert-alkyl or cyclic N) is 1. The molecule has 3 amide bonds. The Kier molecular flexibility index (Phi) is 9.46. The second-order valence-electron chi connectivity index (χ2n) is 10.7. The second-order valence-corrected chi connectivity index (χ2v) is 10.7.